The minimum absolute atomic E-state index is 0.0956. The van der Waals surface area contributed by atoms with Crippen LogP contribution in [-0.4, -0.2) is 24.1 Å². The number of anilines is 1. The Bertz CT molecular complexity index is 471. The zero-order chi connectivity index (χ0) is 11.6. The van der Waals surface area contributed by atoms with Crippen LogP contribution < -0.4 is 10.6 Å². The lowest BCUT2D eigenvalue weighted by atomic mass is 10.1. The van der Waals surface area contributed by atoms with Gasteiger partial charge >= 0.3 is 0 Å². The molecule has 0 aliphatic rings. The van der Waals surface area contributed by atoms with Crippen LogP contribution in [0, 0.1) is 0 Å². The summed E-state index contributed by atoms with van der Waals surface area (Å²) in [7, 11) is 1.98. The Kier molecular flexibility index (Phi) is 2.88. The third-order valence-corrected chi connectivity index (χ3v) is 2.99. The summed E-state index contributed by atoms with van der Waals surface area (Å²) < 4.78 is 0. The number of nitrogens with one attached hydrogen (secondary N) is 3. The average Bonchev–Trinajstić information content (AvgIpc) is 2.70. The van der Waals surface area contributed by atoms with Gasteiger partial charge in [-0.3, -0.25) is 0 Å². The molecule has 3 nitrogen and oxygen atoms in total. The van der Waals surface area contributed by atoms with Crippen LogP contribution in [0.15, 0.2) is 30.5 Å². The van der Waals surface area contributed by atoms with Crippen LogP contribution in [0.4, 0.5) is 5.69 Å². The van der Waals surface area contributed by atoms with Crippen molar-refractivity contribution in [2.24, 2.45) is 0 Å². The first-order chi connectivity index (χ1) is 7.62. The summed E-state index contributed by atoms with van der Waals surface area (Å²) in [6, 6.07) is 8.31. The minimum Gasteiger partial charge on any atom is -0.381 e. The second-order valence-electron chi connectivity index (χ2n) is 4.74. The number of H-pyrrole nitrogens is 1. The van der Waals surface area contributed by atoms with E-state index in [-0.39, 0.29) is 5.54 Å². The maximum Gasteiger partial charge on any atom is 0.0598 e. The highest BCUT2D eigenvalue weighted by Gasteiger charge is 2.14. The first kappa shape index (κ1) is 11.0. The minimum atomic E-state index is 0.0956. The van der Waals surface area contributed by atoms with Gasteiger partial charge in [-0.2, -0.15) is 0 Å². The smallest absolute Gasteiger partial charge is 0.0598 e. The highest BCUT2D eigenvalue weighted by atomic mass is 15.0. The van der Waals surface area contributed by atoms with Gasteiger partial charge < -0.3 is 15.6 Å². The molecule has 0 saturated carbocycles. The maximum absolute atomic E-state index is 3.47. The molecule has 0 spiro atoms. The molecule has 2 aromatic rings. The zero-order valence-electron chi connectivity index (χ0n) is 10.1. The van der Waals surface area contributed by atoms with E-state index in [0.717, 1.165) is 6.54 Å². The number of aromatic nitrogens is 1. The normalized spacial score (nSPS) is 11.9. The highest BCUT2D eigenvalue weighted by molar-refractivity contribution is 5.92. The van der Waals surface area contributed by atoms with Gasteiger partial charge in [0.05, 0.1) is 5.69 Å². The molecule has 0 unspecified atom stereocenters. The van der Waals surface area contributed by atoms with Crippen LogP contribution in [0.25, 0.3) is 10.9 Å². The number of aromatic amines is 1. The molecule has 0 fully saturated rings. The van der Waals surface area contributed by atoms with Crippen molar-refractivity contribution in [2.75, 3.05) is 18.9 Å². The van der Waals surface area contributed by atoms with Crippen LogP contribution in [0.3, 0.4) is 0 Å². The first-order valence-corrected chi connectivity index (χ1v) is 5.61. The molecule has 0 saturated heterocycles. The Labute approximate surface area is 96.2 Å². The van der Waals surface area contributed by atoms with Crippen molar-refractivity contribution in [3.8, 4) is 0 Å². The van der Waals surface area contributed by atoms with Crippen molar-refractivity contribution >= 4 is 16.6 Å². The van der Waals surface area contributed by atoms with Crippen molar-refractivity contribution < 1.29 is 0 Å². The summed E-state index contributed by atoms with van der Waals surface area (Å²) in [5, 5.41) is 7.99. The second-order valence-corrected chi connectivity index (χ2v) is 4.74. The van der Waals surface area contributed by atoms with Gasteiger partial charge in [0.1, 0.15) is 0 Å². The van der Waals surface area contributed by atoms with Crippen LogP contribution in [-0.2, 0) is 0 Å². The molecule has 2 rings (SSSR count). The van der Waals surface area contributed by atoms with Crippen molar-refractivity contribution in [1.82, 2.24) is 10.3 Å². The topological polar surface area (TPSA) is 39.8 Å². The summed E-state index contributed by atoms with van der Waals surface area (Å²) in [5.41, 5.74) is 2.43. The van der Waals surface area contributed by atoms with Crippen LogP contribution in [0.2, 0.25) is 0 Å². The molecule has 0 bridgehead atoms. The maximum atomic E-state index is 3.47. The molecule has 3 heteroatoms. The predicted molar refractivity (Wildman–Crippen MR) is 69.9 cm³/mol. The molecule has 0 amide bonds. The summed E-state index contributed by atoms with van der Waals surface area (Å²) in [4.78, 5) is 3.26. The Morgan fingerprint density at radius 3 is 2.75 bits per heavy atom. The molecule has 16 heavy (non-hydrogen) atoms. The van der Waals surface area contributed by atoms with E-state index in [2.05, 4.69) is 47.7 Å². The fourth-order valence-electron chi connectivity index (χ4n) is 1.62. The number of hydrogen-bond acceptors (Lipinski definition) is 2. The predicted octanol–water partition coefficient (Wildman–Crippen LogP) is 2.58. The van der Waals surface area contributed by atoms with Crippen molar-refractivity contribution in [3.63, 3.8) is 0 Å². The Hall–Kier alpha value is -1.48. The van der Waals surface area contributed by atoms with Crippen LogP contribution in [0.1, 0.15) is 13.8 Å². The van der Waals surface area contributed by atoms with Gasteiger partial charge in [-0.1, -0.05) is 18.2 Å². The molecular formula is C13H19N3. The fourth-order valence-corrected chi connectivity index (χ4v) is 1.62. The Morgan fingerprint density at radius 1 is 1.25 bits per heavy atom. The van der Waals surface area contributed by atoms with Gasteiger partial charge in [0.15, 0.2) is 0 Å². The number of likely N-dealkylation sites (N-methyl/N-ethyl adjacent to an activating group) is 1. The number of benzene rings is 1. The monoisotopic (exact) mass is 217 g/mol. The fraction of sp³-hybridized carbons (Fsp3) is 0.385. The van der Waals surface area contributed by atoms with Gasteiger partial charge in [-0.05, 0) is 27.0 Å². The number of rotatable bonds is 4. The summed E-state index contributed by atoms with van der Waals surface area (Å²) >= 11 is 0. The summed E-state index contributed by atoms with van der Waals surface area (Å²) in [5.74, 6) is 0. The van der Waals surface area contributed by atoms with E-state index >= 15 is 0 Å². The van der Waals surface area contributed by atoms with E-state index in [1.54, 1.807) is 0 Å². The first-order valence-electron chi connectivity index (χ1n) is 5.61. The SMILES string of the molecule is CNC(C)(C)CNc1c[nH]c2ccccc12. The van der Waals surface area contributed by atoms with Crippen molar-refractivity contribution in [1.29, 1.82) is 0 Å². The number of para-hydroxylation sites is 1. The lowest BCUT2D eigenvalue weighted by Gasteiger charge is -2.24. The molecule has 0 aliphatic heterocycles. The molecule has 3 N–H and O–H groups in total. The zero-order valence-corrected chi connectivity index (χ0v) is 10.1. The summed E-state index contributed by atoms with van der Waals surface area (Å²) in [6.45, 7) is 5.25. The van der Waals surface area contributed by atoms with Gasteiger partial charge in [-0.25, -0.2) is 0 Å². The average molecular weight is 217 g/mol. The van der Waals surface area contributed by atoms with E-state index < -0.39 is 0 Å². The van der Waals surface area contributed by atoms with Gasteiger partial charge in [0.25, 0.3) is 0 Å². The van der Waals surface area contributed by atoms with E-state index in [1.165, 1.54) is 16.6 Å². The number of fused-ring (bicyclic) bond motifs is 1. The third-order valence-electron chi connectivity index (χ3n) is 2.99. The van der Waals surface area contributed by atoms with E-state index in [0.29, 0.717) is 0 Å². The Balaban J connectivity index is 2.16. The second kappa shape index (κ2) is 4.18. The molecule has 0 aliphatic carbocycles. The van der Waals surface area contributed by atoms with E-state index in [4.69, 9.17) is 0 Å². The van der Waals surface area contributed by atoms with Crippen LogP contribution >= 0.6 is 0 Å². The molecule has 1 aromatic carbocycles. The standard InChI is InChI=1S/C13H19N3/c1-13(2,14-3)9-16-12-8-15-11-7-5-4-6-10(11)12/h4-8,14-16H,9H2,1-3H3. The highest BCUT2D eigenvalue weighted by Crippen LogP contribution is 2.22. The molecule has 0 atom stereocenters. The van der Waals surface area contributed by atoms with Gasteiger partial charge in [0.2, 0.25) is 0 Å². The largest absolute Gasteiger partial charge is 0.381 e. The molecular weight excluding hydrogens is 198 g/mol. The molecule has 0 radical (unpaired) electrons. The third kappa shape index (κ3) is 2.19. The summed E-state index contributed by atoms with van der Waals surface area (Å²) in [6.07, 6.45) is 2.02. The van der Waals surface area contributed by atoms with Gasteiger partial charge in [-0.15, -0.1) is 0 Å². The lowest BCUT2D eigenvalue weighted by molar-refractivity contribution is 0.448. The van der Waals surface area contributed by atoms with E-state index in [9.17, 15) is 0 Å². The molecule has 1 aromatic heterocycles. The van der Waals surface area contributed by atoms with Gasteiger partial charge in [0, 0.05) is 29.2 Å². The van der Waals surface area contributed by atoms with Crippen molar-refractivity contribution in [2.45, 2.75) is 19.4 Å². The number of hydrogen-bond donors (Lipinski definition) is 3. The molecule has 1 heterocycles. The van der Waals surface area contributed by atoms with Crippen LogP contribution in [0.5, 0.6) is 0 Å². The van der Waals surface area contributed by atoms with E-state index in [1.807, 2.05) is 19.3 Å². The Morgan fingerprint density at radius 2 is 2.00 bits per heavy atom. The lowest BCUT2D eigenvalue weighted by Crippen LogP contribution is -2.42. The van der Waals surface area contributed by atoms with Crippen molar-refractivity contribution in [3.05, 3.63) is 30.5 Å². The molecule has 86 valence electrons. The quantitative estimate of drug-likeness (QED) is 0.736.